The van der Waals surface area contributed by atoms with E-state index in [0.29, 0.717) is 47.2 Å². The van der Waals surface area contributed by atoms with Crippen molar-refractivity contribution in [3.8, 4) is 11.5 Å². The van der Waals surface area contributed by atoms with Crippen molar-refractivity contribution in [2.45, 2.75) is 33.2 Å². The first kappa shape index (κ1) is 22.6. The predicted octanol–water partition coefficient (Wildman–Crippen LogP) is 4.66. The molecule has 0 fully saturated rings. The van der Waals surface area contributed by atoms with Crippen molar-refractivity contribution in [3.63, 3.8) is 0 Å². The molecule has 0 bridgehead atoms. The zero-order chi connectivity index (χ0) is 21.4. The Hall–Kier alpha value is -2.73. The first-order valence-electron chi connectivity index (χ1n) is 9.52. The standard InChI is InChI=1S/C22H27ClN2O4/c1-5-15(6-2)21(26)25-18-12-20(29-4)19(28-3)11-17(18)22(27)24-13-14-7-9-16(23)10-8-14/h7-12,15H,5-6,13H2,1-4H3,(H,24,27)(H,25,26). The molecule has 0 saturated carbocycles. The van der Waals surface area contributed by atoms with Crippen LogP contribution in [0, 0.1) is 5.92 Å². The molecule has 0 aliphatic carbocycles. The van der Waals surface area contributed by atoms with Gasteiger partial charge in [0.15, 0.2) is 11.5 Å². The Kier molecular flexibility index (Phi) is 8.34. The molecule has 2 amide bonds. The fourth-order valence-electron chi connectivity index (χ4n) is 2.94. The van der Waals surface area contributed by atoms with E-state index < -0.39 is 0 Å². The van der Waals surface area contributed by atoms with E-state index in [9.17, 15) is 9.59 Å². The van der Waals surface area contributed by atoms with Crippen molar-refractivity contribution in [1.82, 2.24) is 5.32 Å². The van der Waals surface area contributed by atoms with Crippen LogP contribution in [0.15, 0.2) is 36.4 Å². The molecule has 0 aliphatic rings. The molecule has 2 N–H and O–H groups in total. The van der Waals surface area contributed by atoms with E-state index in [1.807, 2.05) is 26.0 Å². The highest BCUT2D eigenvalue weighted by molar-refractivity contribution is 6.30. The Balaban J connectivity index is 2.30. The molecule has 2 aromatic carbocycles. The van der Waals surface area contributed by atoms with Gasteiger partial charge in [0, 0.05) is 23.6 Å². The molecule has 6 nitrogen and oxygen atoms in total. The molecule has 0 atom stereocenters. The van der Waals surface area contributed by atoms with Gasteiger partial charge in [-0.25, -0.2) is 0 Å². The molecule has 2 aromatic rings. The van der Waals surface area contributed by atoms with Gasteiger partial charge in [0.25, 0.3) is 5.91 Å². The zero-order valence-corrected chi connectivity index (χ0v) is 17.9. The van der Waals surface area contributed by atoms with Crippen LogP contribution in [0.2, 0.25) is 5.02 Å². The van der Waals surface area contributed by atoms with Gasteiger partial charge in [-0.05, 0) is 36.6 Å². The minimum absolute atomic E-state index is 0.131. The number of benzene rings is 2. The Morgan fingerprint density at radius 2 is 1.59 bits per heavy atom. The van der Waals surface area contributed by atoms with Crippen LogP contribution in [0.3, 0.4) is 0 Å². The number of ether oxygens (including phenoxy) is 2. The molecule has 0 saturated heterocycles. The molecular formula is C22H27ClN2O4. The van der Waals surface area contributed by atoms with Gasteiger partial charge in [-0.3, -0.25) is 9.59 Å². The van der Waals surface area contributed by atoms with Crippen molar-refractivity contribution in [2.75, 3.05) is 19.5 Å². The number of carbonyl (C=O) groups excluding carboxylic acids is 2. The van der Waals surface area contributed by atoms with Gasteiger partial charge in [-0.15, -0.1) is 0 Å². The quantitative estimate of drug-likeness (QED) is 0.620. The molecule has 0 aromatic heterocycles. The molecule has 7 heteroatoms. The fourth-order valence-corrected chi connectivity index (χ4v) is 3.07. The van der Waals surface area contributed by atoms with Crippen LogP contribution in [0.25, 0.3) is 0 Å². The average Bonchev–Trinajstić information content (AvgIpc) is 2.73. The molecule has 0 radical (unpaired) electrons. The topological polar surface area (TPSA) is 76.7 Å². The summed E-state index contributed by atoms with van der Waals surface area (Å²) in [5.41, 5.74) is 1.59. The third kappa shape index (κ3) is 5.87. The summed E-state index contributed by atoms with van der Waals surface area (Å²) < 4.78 is 10.6. The van der Waals surface area contributed by atoms with E-state index in [-0.39, 0.29) is 17.7 Å². The minimum Gasteiger partial charge on any atom is -0.493 e. The summed E-state index contributed by atoms with van der Waals surface area (Å²) in [5.74, 6) is 0.245. The van der Waals surface area contributed by atoms with Crippen molar-refractivity contribution >= 4 is 29.1 Å². The van der Waals surface area contributed by atoms with Crippen LogP contribution in [0.4, 0.5) is 5.69 Å². The van der Waals surface area contributed by atoms with Gasteiger partial charge in [0.05, 0.1) is 25.5 Å². The SMILES string of the molecule is CCC(CC)C(=O)Nc1cc(OC)c(OC)cc1C(=O)NCc1ccc(Cl)cc1. The van der Waals surface area contributed by atoms with E-state index >= 15 is 0 Å². The summed E-state index contributed by atoms with van der Waals surface area (Å²) in [7, 11) is 3.00. The van der Waals surface area contributed by atoms with E-state index in [1.54, 1.807) is 24.3 Å². The number of nitrogens with one attached hydrogen (secondary N) is 2. The van der Waals surface area contributed by atoms with Gasteiger partial charge in [-0.1, -0.05) is 37.6 Å². The lowest BCUT2D eigenvalue weighted by molar-refractivity contribution is -0.120. The molecule has 0 aliphatic heterocycles. The largest absolute Gasteiger partial charge is 0.493 e. The average molecular weight is 419 g/mol. The van der Waals surface area contributed by atoms with Crippen LogP contribution in [-0.2, 0) is 11.3 Å². The Morgan fingerprint density at radius 1 is 1.00 bits per heavy atom. The van der Waals surface area contributed by atoms with Crippen LogP contribution in [-0.4, -0.2) is 26.0 Å². The molecule has 0 spiro atoms. The lowest BCUT2D eigenvalue weighted by Gasteiger charge is -2.18. The van der Waals surface area contributed by atoms with Gasteiger partial charge in [0.1, 0.15) is 0 Å². The number of carbonyl (C=O) groups is 2. The van der Waals surface area contributed by atoms with Crippen LogP contribution < -0.4 is 20.1 Å². The van der Waals surface area contributed by atoms with Crippen molar-refractivity contribution < 1.29 is 19.1 Å². The lowest BCUT2D eigenvalue weighted by Crippen LogP contribution is -2.27. The molecule has 29 heavy (non-hydrogen) atoms. The number of hydrogen-bond acceptors (Lipinski definition) is 4. The molecule has 2 rings (SSSR count). The summed E-state index contributed by atoms with van der Waals surface area (Å²) >= 11 is 5.90. The van der Waals surface area contributed by atoms with Crippen LogP contribution in [0.5, 0.6) is 11.5 Å². The van der Waals surface area contributed by atoms with Crippen molar-refractivity contribution in [2.24, 2.45) is 5.92 Å². The maximum atomic E-state index is 12.9. The highest BCUT2D eigenvalue weighted by atomic mass is 35.5. The first-order chi connectivity index (χ1) is 13.9. The number of methoxy groups -OCH3 is 2. The summed E-state index contributed by atoms with van der Waals surface area (Å²) in [4.78, 5) is 25.5. The normalized spacial score (nSPS) is 10.6. The molecule has 156 valence electrons. The molecule has 0 unspecified atom stereocenters. The Labute approximate surface area is 176 Å². The number of hydrogen-bond donors (Lipinski definition) is 2. The third-order valence-electron chi connectivity index (χ3n) is 4.75. The number of anilines is 1. The third-order valence-corrected chi connectivity index (χ3v) is 5.00. The van der Waals surface area contributed by atoms with Gasteiger partial charge < -0.3 is 20.1 Å². The minimum atomic E-state index is -0.333. The number of amides is 2. The number of halogens is 1. The summed E-state index contributed by atoms with van der Waals surface area (Å²) in [6, 6.07) is 10.4. The van der Waals surface area contributed by atoms with E-state index in [2.05, 4.69) is 10.6 Å². The first-order valence-corrected chi connectivity index (χ1v) is 9.90. The van der Waals surface area contributed by atoms with Gasteiger partial charge in [-0.2, -0.15) is 0 Å². The second kappa shape index (κ2) is 10.7. The monoisotopic (exact) mass is 418 g/mol. The zero-order valence-electron chi connectivity index (χ0n) is 17.2. The Bertz CT molecular complexity index is 849. The molecule has 0 heterocycles. The van der Waals surface area contributed by atoms with Crippen LogP contribution in [0.1, 0.15) is 42.6 Å². The van der Waals surface area contributed by atoms with Gasteiger partial charge >= 0.3 is 0 Å². The second-order valence-corrected chi connectivity index (χ2v) is 7.00. The van der Waals surface area contributed by atoms with Gasteiger partial charge in [0.2, 0.25) is 5.91 Å². The highest BCUT2D eigenvalue weighted by Crippen LogP contribution is 2.34. The Morgan fingerprint density at radius 3 is 2.14 bits per heavy atom. The highest BCUT2D eigenvalue weighted by Gasteiger charge is 2.21. The van der Waals surface area contributed by atoms with E-state index in [4.69, 9.17) is 21.1 Å². The molecular weight excluding hydrogens is 392 g/mol. The smallest absolute Gasteiger partial charge is 0.253 e. The predicted molar refractivity (Wildman–Crippen MR) is 115 cm³/mol. The lowest BCUT2D eigenvalue weighted by atomic mass is 10.0. The maximum absolute atomic E-state index is 12.9. The van der Waals surface area contributed by atoms with E-state index in [1.165, 1.54) is 14.2 Å². The number of rotatable bonds is 9. The van der Waals surface area contributed by atoms with Crippen molar-refractivity contribution in [3.05, 3.63) is 52.5 Å². The summed E-state index contributed by atoms with van der Waals surface area (Å²) in [6.45, 7) is 4.24. The fraction of sp³-hybridized carbons (Fsp3) is 0.364. The second-order valence-electron chi connectivity index (χ2n) is 6.56. The maximum Gasteiger partial charge on any atom is 0.253 e. The summed E-state index contributed by atoms with van der Waals surface area (Å²) in [6.07, 6.45) is 1.43. The van der Waals surface area contributed by atoms with Crippen LogP contribution >= 0.6 is 11.6 Å². The summed E-state index contributed by atoms with van der Waals surface area (Å²) in [5, 5.41) is 6.37. The van der Waals surface area contributed by atoms with Crippen molar-refractivity contribution in [1.29, 1.82) is 0 Å². The van der Waals surface area contributed by atoms with E-state index in [0.717, 1.165) is 5.56 Å².